The van der Waals surface area contributed by atoms with Crippen molar-refractivity contribution in [3.63, 3.8) is 0 Å². The van der Waals surface area contributed by atoms with Gasteiger partial charge in [0, 0.05) is 27.7 Å². The molecule has 190 valence electrons. The summed E-state index contributed by atoms with van der Waals surface area (Å²) in [7, 11) is -3.48. The Bertz CT molecular complexity index is 729. The van der Waals surface area contributed by atoms with Crippen molar-refractivity contribution in [2.24, 2.45) is 0 Å². The molecule has 0 N–H and O–H groups in total. The number of carbonyl (C=O) groups is 4. The van der Waals surface area contributed by atoms with Crippen molar-refractivity contribution in [2.45, 2.75) is 78.5 Å². The molecule has 1 aliphatic heterocycles. The minimum atomic E-state index is -3.48. The average Bonchev–Trinajstić information content (AvgIpc) is 2.68. The number of ether oxygens (including phenoxy) is 5. The van der Waals surface area contributed by atoms with Crippen molar-refractivity contribution in [3.8, 4) is 0 Å². The first-order valence-electron chi connectivity index (χ1n) is 10.6. The monoisotopic (exact) mass is 496 g/mol. The van der Waals surface area contributed by atoms with Crippen LogP contribution in [-0.4, -0.2) is 80.4 Å². The van der Waals surface area contributed by atoms with E-state index in [9.17, 15) is 23.7 Å². The minimum Gasteiger partial charge on any atom is -0.463 e. The van der Waals surface area contributed by atoms with Gasteiger partial charge in [-0.25, -0.2) is 0 Å². The van der Waals surface area contributed by atoms with Gasteiger partial charge in [0.05, 0.1) is 25.5 Å². The summed E-state index contributed by atoms with van der Waals surface area (Å²) >= 11 is 0. The van der Waals surface area contributed by atoms with Crippen LogP contribution in [0.3, 0.4) is 0 Å². The standard InChI is InChI=1S/C20H33O12P/c1-7-27-33(25,28-8-2)10-9-16-18(29-13(4)22)20(31-15(6)24)19(30-14(5)23)17(32-16)11-26-12(3)21/h16-20H,7-11H2,1-6H3/t16-,17+,18+,19-,20-/m1/s1. The normalized spacial score (nSPS) is 25.1. The van der Waals surface area contributed by atoms with Crippen molar-refractivity contribution in [3.05, 3.63) is 0 Å². The Morgan fingerprint density at radius 3 is 1.61 bits per heavy atom. The molecule has 1 heterocycles. The molecule has 0 aromatic heterocycles. The smallest absolute Gasteiger partial charge is 0.330 e. The molecule has 12 nitrogen and oxygen atoms in total. The van der Waals surface area contributed by atoms with Gasteiger partial charge in [-0.05, 0) is 20.3 Å². The van der Waals surface area contributed by atoms with E-state index in [1.54, 1.807) is 13.8 Å². The Morgan fingerprint density at radius 1 is 0.727 bits per heavy atom. The van der Waals surface area contributed by atoms with E-state index in [-0.39, 0.29) is 32.4 Å². The third kappa shape index (κ3) is 9.79. The molecule has 33 heavy (non-hydrogen) atoms. The highest BCUT2D eigenvalue weighted by Gasteiger charge is 2.52. The van der Waals surface area contributed by atoms with E-state index in [1.807, 2.05) is 0 Å². The van der Waals surface area contributed by atoms with Gasteiger partial charge in [0.1, 0.15) is 12.7 Å². The molecule has 0 amide bonds. The van der Waals surface area contributed by atoms with E-state index in [1.165, 1.54) is 6.92 Å². The van der Waals surface area contributed by atoms with Crippen LogP contribution < -0.4 is 0 Å². The van der Waals surface area contributed by atoms with Crippen molar-refractivity contribution in [1.82, 2.24) is 0 Å². The molecule has 5 atom stereocenters. The average molecular weight is 496 g/mol. The molecular formula is C20H33O12P. The second kappa shape index (κ2) is 13.6. The van der Waals surface area contributed by atoms with Crippen LogP contribution in [0.5, 0.6) is 0 Å². The number of hydrogen-bond donors (Lipinski definition) is 0. The van der Waals surface area contributed by atoms with E-state index in [0.717, 1.165) is 20.8 Å². The molecule has 0 spiro atoms. The molecule has 0 aromatic carbocycles. The zero-order chi connectivity index (χ0) is 25.2. The summed E-state index contributed by atoms with van der Waals surface area (Å²) in [5, 5.41) is 0. The number of esters is 4. The Hall–Kier alpha value is -2.01. The second-order valence-electron chi connectivity index (χ2n) is 7.20. The van der Waals surface area contributed by atoms with Crippen molar-refractivity contribution >= 4 is 31.5 Å². The van der Waals surface area contributed by atoms with Crippen LogP contribution in [0.1, 0.15) is 48.0 Å². The fourth-order valence-corrected chi connectivity index (χ4v) is 5.09. The van der Waals surface area contributed by atoms with Gasteiger partial charge in [0.2, 0.25) is 0 Å². The number of rotatable bonds is 12. The lowest BCUT2D eigenvalue weighted by atomic mass is 9.93. The molecule has 1 saturated heterocycles. The third-order valence-corrected chi connectivity index (χ3v) is 6.54. The SMILES string of the molecule is CCOP(=O)(CC[C@H]1O[C@@H](COC(C)=O)[C@@H](OC(C)=O)[C@H](OC(C)=O)[C@H]1OC(C)=O)OCC. The van der Waals surface area contributed by atoms with E-state index in [2.05, 4.69) is 0 Å². The Kier molecular flexibility index (Phi) is 12.0. The molecule has 13 heteroatoms. The van der Waals surface area contributed by atoms with Crippen molar-refractivity contribution in [2.75, 3.05) is 26.0 Å². The predicted octanol–water partition coefficient (Wildman–Crippen LogP) is 1.77. The highest BCUT2D eigenvalue weighted by atomic mass is 31.2. The van der Waals surface area contributed by atoms with Crippen LogP contribution in [0, 0.1) is 0 Å². The van der Waals surface area contributed by atoms with Crippen LogP contribution in [0.4, 0.5) is 0 Å². The van der Waals surface area contributed by atoms with Gasteiger partial charge in [0.15, 0.2) is 18.3 Å². The van der Waals surface area contributed by atoms with Gasteiger partial charge in [-0.2, -0.15) is 0 Å². The summed E-state index contributed by atoms with van der Waals surface area (Å²) in [6.07, 6.45) is -5.83. The molecule has 1 rings (SSSR count). The molecule has 1 aliphatic rings. The first-order valence-corrected chi connectivity index (χ1v) is 12.3. The quantitative estimate of drug-likeness (QED) is 0.220. The zero-order valence-electron chi connectivity index (χ0n) is 19.8. The van der Waals surface area contributed by atoms with Crippen molar-refractivity contribution in [1.29, 1.82) is 0 Å². The van der Waals surface area contributed by atoms with E-state index < -0.39 is 62.0 Å². The lowest BCUT2D eigenvalue weighted by molar-refractivity contribution is -0.252. The predicted molar refractivity (Wildman–Crippen MR) is 112 cm³/mol. The first-order chi connectivity index (χ1) is 15.4. The fourth-order valence-electron chi connectivity index (χ4n) is 3.40. The Morgan fingerprint density at radius 2 is 1.18 bits per heavy atom. The fraction of sp³-hybridized carbons (Fsp3) is 0.800. The zero-order valence-corrected chi connectivity index (χ0v) is 20.7. The molecule has 0 bridgehead atoms. The molecule has 0 aliphatic carbocycles. The lowest BCUT2D eigenvalue weighted by Crippen LogP contribution is -2.62. The maximum Gasteiger partial charge on any atom is 0.330 e. The number of hydrogen-bond acceptors (Lipinski definition) is 12. The Labute approximate surface area is 193 Å². The molecular weight excluding hydrogens is 463 g/mol. The van der Waals surface area contributed by atoms with Crippen LogP contribution in [0.2, 0.25) is 0 Å². The molecule has 0 aromatic rings. The van der Waals surface area contributed by atoms with Gasteiger partial charge in [0.25, 0.3) is 0 Å². The first kappa shape index (κ1) is 29.0. The van der Waals surface area contributed by atoms with E-state index in [0.29, 0.717) is 0 Å². The van der Waals surface area contributed by atoms with Crippen LogP contribution in [0.15, 0.2) is 0 Å². The maximum absolute atomic E-state index is 12.9. The Balaban J connectivity index is 3.32. The van der Waals surface area contributed by atoms with E-state index >= 15 is 0 Å². The summed E-state index contributed by atoms with van der Waals surface area (Å²) in [6.45, 7) is 7.92. The van der Waals surface area contributed by atoms with Gasteiger partial charge in [-0.3, -0.25) is 23.7 Å². The topological polar surface area (TPSA) is 150 Å². The van der Waals surface area contributed by atoms with Gasteiger partial charge in [-0.1, -0.05) is 0 Å². The van der Waals surface area contributed by atoms with Gasteiger partial charge < -0.3 is 32.7 Å². The van der Waals surface area contributed by atoms with E-state index in [4.69, 9.17) is 32.7 Å². The summed E-state index contributed by atoms with van der Waals surface area (Å²) in [4.78, 5) is 46.7. The lowest BCUT2D eigenvalue weighted by Gasteiger charge is -2.44. The van der Waals surface area contributed by atoms with Gasteiger partial charge in [-0.15, -0.1) is 0 Å². The van der Waals surface area contributed by atoms with Crippen LogP contribution in [0.25, 0.3) is 0 Å². The molecule has 0 saturated carbocycles. The summed E-state index contributed by atoms with van der Waals surface area (Å²) in [5.41, 5.74) is 0. The van der Waals surface area contributed by atoms with Crippen molar-refractivity contribution < 1.29 is 56.5 Å². The van der Waals surface area contributed by atoms with Crippen LogP contribution in [-0.2, 0) is 56.5 Å². The number of carbonyl (C=O) groups excluding carboxylic acids is 4. The minimum absolute atomic E-state index is 0.0103. The summed E-state index contributed by atoms with van der Waals surface area (Å²) in [5.74, 6) is -2.76. The molecule has 0 unspecified atom stereocenters. The molecule has 1 fully saturated rings. The second-order valence-corrected chi connectivity index (χ2v) is 9.38. The highest BCUT2D eigenvalue weighted by molar-refractivity contribution is 7.53. The summed E-state index contributed by atoms with van der Waals surface area (Å²) < 4.78 is 50.6. The molecule has 0 radical (unpaired) electrons. The largest absolute Gasteiger partial charge is 0.463 e. The van der Waals surface area contributed by atoms with Crippen LogP contribution >= 0.6 is 7.60 Å². The van der Waals surface area contributed by atoms with Gasteiger partial charge >= 0.3 is 31.5 Å². The highest BCUT2D eigenvalue weighted by Crippen LogP contribution is 2.49. The summed E-state index contributed by atoms with van der Waals surface area (Å²) in [6, 6.07) is 0. The maximum atomic E-state index is 12.9. The third-order valence-electron chi connectivity index (χ3n) is 4.43.